The first-order valence-corrected chi connectivity index (χ1v) is 10.8. The van der Waals surface area contributed by atoms with Crippen molar-refractivity contribution in [1.82, 2.24) is 29.9 Å². The molecular weight excluding hydrogens is 400 g/mol. The molecule has 0 N–H and O–H groups in total. The Morgan fingerprint density at radius 3 is 2.57 bits per heavy atom. The molecule has 4 aromatic rings. The first-order valence-electron chi connectivity index (χ1n) is 9.78. The maximum absolute atomic E-state index is 5.72. The Morgan fingerprint density at radius 2 is 1.87 bits per heavy atom. The average molecular weight is 425 g/mol. The van der Waals surface area contributed by atoms with Crippen molar-refractivity contribution in [2.24, 2.45) is 0 Å². The van der Waals surface area contributed by atoms with Crippen LogP contribution in [0.25, 0.3) is 11.7 Å². The lowest BCUT2D eigenvalue weighted by molar-refractivity contribution is 0.272. The number of rotatable bonds is 9. The molecule has 4 rings (SSSR count). The van der Waals surface area contributed by atoms with E-state index in [0.717, 1.165) is 17.4 Å². The summed E-state index contributed by atoms with van der Waals surface area (Å²) in [5.41, 5.74) is 1.20. The minimum Gasteiger partial charge on any atom is -0.459 e. The molecule has 3 heterocycles. The van der Waals surface area contributed by atoms with Crippen LogP contribution in [0.4, 0.5) is 0 Å². The van der Waals surface area contributed by atoms with Crippen molar-refractivity contribution in [3.63, 3.8) is 0 Å². The number of thioether (sulfide) groups is 1. The molecule has 0 unspecified atom stereocenters. The quantitative estimate of drug-likeness (QED) is 0.368. The van der Waals surface area contributed by atoms with Gasteiger partial charge in [0.05, 0.1) is 24.6 Å². The predicted molar refractivity (Wildman–Crippen MR) is 114 cm³/mol. The molecule has 0 radical (unpaired) electrons. The molecule has 0 saturated heterocycles. The molecule has 30 heavy (non-hydrogen) atoms. The van der Waals surface area contributed by atoms with E-state index in [9.17, 15) is 0 Å². The van der Waals surface area contributed by atoms with Gasteiger partial charge in [0.25, 0.3) is 5.89 Å². The van der Waals surface area contributed by atoms with Crippen molar-refractivity contribution in [3.8, 4) is 11.7 Å². The van der Waals surface area contributed by atoms with Crippen LogP contribution in [0.1, 0.15) is 36.7 Å². The third-order valence-electron chi connectivity index (χ3n) is 4.76. The van der Waals surface area contributed by atoms with Gasteiger partial charge in [-0.2, -0.15) is 0 Å². The van der Waals surface area contributed by atoms with Gasteiger partial charge in [-0.15, -0.1) is 20.4 Å². The standard InChI is InChI=1S/C21H24N6O2S/c1-4-16(26(2)3)19-23-25-21(27(19)13-15-9-6-5-7-10-15)30-14-18-22-24-20(29-18)17-11-8-12-28-17/h5-12,16H,4,13-14H2,1-3H3/t16-/m1/s1. The Labute approximate surface area is 179 Å². The molecule has 9 heteroatoms. The van der Waals surface area contributed by atoms with Gasteiger partial charge in [-0.05, 0) is 38.2 Å². The van der Waals surface area contributed by atoms with Gasteiger partial charge in [-0.25, -0.2) is 0 Å². The normalized spacial score (nSPS) is 12.5. The van der Waals surface area contributed by atoms with E-state index < -0.39 is 0 Å². The van der Waals surface area contributed by atoms with Gasteiger partial charge in [0.2, 0.25) is 5.89 Å². The maximum atomic E-state index is 5.72. The van der Waals surface area contributed by atoms with E-state index >= 15 is 0 Å². The first kappa shape index (κ1) is 20.4. The summed E-state index contributed by atoms with van der Waals surface area (Å²) in [5, 5.41) is 18.0. The summed E-state index contributed by atoms with van der Waals surface area (Å²) in [4.78, 5) is 2.17. The molecule has 0 fully saturated rings. The summed E-state index contributed by atoms with van der Waals surface area (Å²) in [7, 11) is 4.13. The predicted octanol–water partition coefficient (Wildman–Crippen LogP) is 4.27. The van der Waals surface area contributed by atoms with Crippen molar-refractivity contribution in [1.29, 1.82) is 0 Å². The van der Waals surface area contributed by atoms with E-state index in [2.05, 4.69) is 63.0 Å². The molecule has 1 aromatic carbocycles. The Bertz CT molecular complexity index is 1060. The zero-order chi connectivity index (χ0) is 20.9. The van der Waals surface area contributed by atoms with Gasteiger partial charge >= 0.3 is 0 Å². The highest BCUT2D eigenvalue weighted by Gasteiger charge is 2.23. The van der Waals surface area contributed by atoms with E-state index in [1.54, 1.807) is 18.4 Å². The van der Waals surface area contributed by atoms with Crippen molar-refractivity contribution < 1.29 is 8.83 Å². The highest BCUT2D eigenvalue weighted by molar-refractivity contribution is 7.98. The molecule has 0 aliphatic carbocycles. The van der Waals surface area contributed by atoms with Crippen LogP contribution in [0.2, 0.25) is 0 Å². The summed E-state index contributed by atoms with van der Waals surface area (Å²) < 4.78 is 13.2. The first-order chi connectivity index (χ1) is 14.7. The Hall–Kier alpha value is -2.91. The zero-order valence-corrected chi connectivity index (χ0v) is 18.0. The Morgan fingerprint density at radius 1 is 1.03 bits per heavy atom. The molecule has 3 aromatic heterocycles. The second-order valence-electron chi connectivity index (χ2n) is 7.07. The molecule has 0 amide bonds. The lowest BCUT2D eigenvalue weighted by atomic mass is 10.2. The lowest BCUT2D eigenvalue weighted by Crippen LogP contribution is -2.23. The van der Waals surface area contributed by atoms with Gasteiger partial charge < -0.3 is 13.4 Å². The van der Waals surface area contributed by atoms with Gasteiger partial charge in [-0.1, -0.05) is 49.0 Å². The van der Waals surface area contributed by atoms with Crippen molar-refractivity contribution in [2.75, 3.05) is 14.1 Å². The highest BCUT2D eigenvalue weighted by Crippen LogP contribution is 2.28. The second-order valence-corrected chi connectivity index (χ2v) is 8.01. The van der Waals surface area contributed by atoms with E-state index in [1.807, 2.05) is 18.2 Å². The van der Waals surface area contributed by atoms with Crippen LogP contribution in [-0.2, 0) is 12.3 Å². The molecule has 156 valence electrons. The number of benzene rings is 1. The molecule has 1 atom stereocenters. The summed E-state index contributed by atoms with van der Waals surface area (Å²) >= 11 is 1.53. The SMILES string of the molecule is CC[C@H](c1nnc(SCc2nnc(-c3ccco3)o2)n1Cc1ccccc1)N(C)C. The third-order valence-corrected chi connectivity index (χ3v) is 5.71. The molecule has 8 nitrogen and oxygen atoms in total. The van der Waals surface area contributed by atoms with Gasteiger partial charge in [-0.3, -0.25) is 4.90 Å². The fraction of sp³-hybridized carbons (Fsp3) is 0.333. The number of hydrogen-bond donors (Lipinski definition) is 0. The van der Waals surface area contributed by atoms with Gasteiger partial charge in [0.1, 0.15) is 0 Å². The van der Waals surface area contributed by atoms with E-state index in [-0.39, 0.29) is 6.04 Å². The smallest absolute Gasteiger partial charge is 0.283 e. The third kappa shape index (κ3) is 4.47. The fourth-order valence-corrected chi connectivity index (χ4v) is 4.07. The summed E-state index contributed by atoms with van der Waals surface area (Å²) in [6, 6.07) is 14.1. The van der Waals surface area contributed by atoms with Crippen LogP contribution in [0.3, 0.4) is 0 Å². The summed E-state index contributed by atoms with van der Waals surface area (Å²) in [5.74, 6) is 2.91. The van der Waals surface area contributed by atoms with Crippen LogP contribution in [0, 0.1) is 0 Å². The van der Waals surface area contributed by atoms with Crippen LogP contribution in [0.15, 0.2) is 62.7 Å². The highest BCUT2D eigenvalue weighted by atomic mass is 32.2. The zero-order valence-electron chi connectivity index (χ0n) is 17.2. The molecule has 0 bridgehead atoms. The molecule has 0 aliphatic heterocycles. The maximum Gasteiger partial charge on any atom is 0.283 e. The van der Waals surface area contributed by atoms with E-state index in [0.29, 0.717) is 29.8 Å². The van der Waals surface area contributed by atoms with E-state index in [1.165, 1.54) is 17.3 Å². The Kier molecular flexibility index (Phi) is 6.29. The van der Waals surface area contributed by atoms with Gasteiger partial charge in [0.15, 0.2) is 16.7 Å². The minimum atomic E-state index is 0.185. The fourth-order valence-electron chi connectivity index (χ4n) is 3.28. The lowest BCUT2D eigenvalue weighted by Gasteiger charge is -2.23. The van der Waals surface area contributed by atoms with E-state index in [4.69, 9.17) is 8.83 Å². The molecule has 0 aliphatic rings. The van der Waals surface area contributed by atoms with Gasteiger partial charge in [0, 0.05) is 0 Å². The number of furan rings is 1. The summed E-state index contributed by atoms with van der Waals surface area (Å²) in [6.07, 6.45) is 2.52. The van der Waals surface area contributed by atoms with Crippen molar-refractivity contribution in [2.45, 2.75) is 36.8 Å². The molecule has 0 spiro atoms. The van der Waals surface area contributed by atoms with Crippen LogP contribution in [0.5, 0.6) is 0 Å². The molecular formula is C21H24N6O2S. The van der Waals surface area contributed by atoms with Crippen LogP contribution in [-0.4, -0.2) is 44.0 Å². The Balaban J connectivity index is 1.57. The largest absolute Gasteiger partial charge is 0.459 e. The van der Waals surface area contributed by atoms with Crippen molar-refractivity contribution in [3.05, 3.63) is 66.0 Å². The minimum absolute atomic E-state index is 0.185. The second kappa shape index (κ2) is 9.27. The van der Waals surface area contributed by atoms with Crippen molar-refractivity contribution >= 4 is 11.8 Å². The molecule has 0 saturated carbocycles. The number of aromatic nitrogens is 5. The topological polar surface area (TPSA) is 86.0 Å². The average Bonchev–Trinajstić information content (AvgIpc) is 3.49. The van der Waals surface area contributed by atoms with Crippen LogP contribution >= 0.6 is 11.8 Å². The monoisotopic (exact) mass is 424 g/mol. The number of hydrogen-bond acceptors (Lipinski definition) is 8. The summed E-state index contributed by atoms with van der Waals surface area (Å²) in [6.45, 7) is 2.87. The van der Waals surface area contributed by atoms with Crippen LogP contribution < -0.4 is 0 Å². The number of nitrogens with zero attached hydrogens (tertiary/aromatic N) is 6.